The van der Waals surface area contributed by atoms with Crippen LogP contribution < -0.4 is 5.73 Å². The molecule has 0 fully saturated rings. The normalized spacial score (nSPS) is 24.3. The van der Waals surface area contributed by atoms with E-state index in [-0.39, 0.29) is 17.9 Å². The van der Waals surface area contributed by atoms with Gasteiger partial charge in [0.2, 0.25) is 5.95 Å². The number of aliphatic hydroxyl groups is 1. The lowest BCUT2D eigenvalue weighted by molar-refractivity contribution is 0.0707. The van der Waals surface area contributed by atoms with Gasteiger partial charge in [-0.05, 0) is 18.4 Å². The zero-order chi connectivity index (χ0) is 16.3. The molecule has 24 heavy (non-hydrogen) atoms. The van der Waals surface area contributed by atoms with Crippen LogP contribution in [0.4, 0.5) is 5.95 Å². The summed E-state index contributed by atoms with van der Waals surface area (Å²) in [6.07, 6.45) is 6.46. The number of benzene rings is 1. The fraction of sp³-hybridized carbons (Fsp3) is 0.278. The van der Waals surface area contributed by atoms with Gasteiger partial charge >= 0.3 is 0 Å². The van der Waals surface area contributed by atoms with Crippen LogP contribution in [0.2, 0.25) is 0 Å². The highest BCUT2D eigenvalue weighted by atomic mass is 16.3. The molecule has 6 heteroatoms. The van der Waals surface area contributed by atoms with Crippen molar-refractivity contribution < 1.29 is 5.11 Å². The van der Waals surface area contributed by atoms with Crippen molar-refractivity contribution in [2.45, 2.75) is 25.0 Å². The topological polar surface area (TPSA) is 89.9 Å². The van der Waals surface area contributed by atoms with Crippen molar-refractivity contribution in [1.29, 1.82) is 0 Å². The number of aromatic nitrogens is 4. The Labute approximate surface area is 139 Å². The molecule has 120 valence electrons. The lowest BCUT2D eigenvalue weighted by atomic mass is 9.78. The SMILES string of the molecule is Nc1ncc2c(n1)CC[C@@H](C1c3ccccc3-c3cncn31)[C@H]2O. The van der Waals surface area contributed by atoms with E-state index in [1.54, 1.807) is 6.20 Å². The lowest BCUT2D eigenvalue weighted by Gasteiger charge is -2.34. The second-order valence-corrected chi connectivity index (χ2v) is 6.50. The van der Waals surface area contributed by atoms with Gasteiger partial charge in [-0.3, -0.25) is 0 Å². The molecule has 6 nitrogen and oxygen atoms in total. The van der Waals surface area contributed by atoms with Gasteiger partial charge in [-0.2, -0.15) is 0 Å². The summed E-state index contributed by atoms with van der Waals surface area (Å²) in [5, 5.41) is 11.0. The highest BCUT2D eigenvalue weighted by Gasteiger charge is 2.40. The zero-order valence-corrected chi connectivity index (χ0v) is 13.0. The van der Waals surface area contributed by atoms with Gasteiger partial charge in [0.15, 0.2) is 0 Å². The molecule has 3 atom stereocenters. The maximum absolute atomic E-state index is 11.0. The van der Waals surface area contributed by atoms with Crippen molar-refractivity contribution in [3.63, 3.8) is 0 Å². The minimum atomic E-state index is -0.610. The van der Waals surface area contributed by atoms with Crippen LogP contribution in [0.25, 0.3) is 11.3 Å². The second-order valence-electron chi connectivity index (χ2n) is 6.50. The van der Waals surface area contributed by atoms with Crippen LogP contribution in [0.3, 0.4) is 0 Å². The fourth-order valence-electron chi connectivity index (χ4n) is 4.22. The number of aliphatic hydroxyl groups excluding tert-OH is 1. The van der Waals surface area contributed by atoms with Gasteiger partial charge in [-0.1, -0.05) is 24.3 Å². The van der Waals surface area contributed by atoms with Crippen molar-refractivity contribution in [3.8, 4) is 11.3 Å². The first-order chi connectivity index (χ1) is 11.7. The first-order valence-corrected chi connectivity index (χ1v) is 8.14. The number of aryl methyl sites for hydroxylation is 1. The summed E-state index contributed by atoms with van der Waals surface area (Å²) in [5.41, 5.74) is 10.9. The van der Waals surface area contributed by atoms with E-state index >= 15 is 0 Å². The van der Waals surface area contributed by atoms with Gasteiger partial charge in [0.05, 0.1) is 36.1 Å². The molecule has 5 rings (SSSR count). The Morgan fingerprint density at radius 1 is 1.17 bits per heavy atom. The summed E-state index contributed by atoms with van der Waals surface area (Å²) in [5.74, 6) is 0.323. The molecule has 0 radical (unpaired) electrons. The number of fused-ring (bicyclic) bond motifs is 4. The Kier molecular flexibility index (Phi) is 2.78. The minimum Gasteiger partial charge on any atom is -0.388 e. The third-order valence-corrected chi connectivity index (χ3v) is 5.28. The molecule has 1 aliphatic carbocycles. The van der Waals surface area contributed by atoms with Crippen molar-refractivity contribution in [1.82, 2.24) is 19.5 Å². The molecular weight excluding hydrogens is 302 g/mol. The molecule has 1 unspecified atom stereocenters. The second kappa shape index (κ2) is 4.88. The molecule has 3 heterocycles. The number of nitrogen functional groups attached to an aromatic ring is 1. The Hall–Kier alpha value is -2.73. The number of imidazole rings is 1. The van der Waals surface area contributed by atoms with Gasteiger partial charge in [-0.25, -0.2) is 15.0 Å². The predicted molar refractivity (Wildman–Crippen MR) is 89.0 cm³/mol. The first-order valence-electron chi connectivity index (χ1n) is 8.14. The third kappa shape index (κ3) is 1.77. The average molecular weight is 319 g/mol. The number of hydrogen-bond donors (Lipinski definition) is 2. The number of nitrogens with two attached hydrogens (primary N) is 1. The van der Waals surface area contributed by atoms with Crippen molar-refractivity contribution in [3.05, 3.63) is 59.8 Å². The van der Waals surface area contributed by atoms with E-state index in [2.05, 4.69) is 37.7 Å². The third-order valence-electron chi connectivity index (χ3n) is 5.28. The number of hydrogen-bond acceptors (Lipinski definition) is 5. The van der Waals surface area contributed by atoms with Crippen LogP contribution in [-0.4, -0.2) is 24.6 Å². The number of anilines is 1. The minimum absolute atomic E-state index is 0.0568. The summed E-state index contributed by atoms with van der Waals surface area (Å²) in [4.78, 5) is 12.7. The maximum Gasteiger partial charge on any atom is 0.220 e. The van der Waals surface area contributed by atoms with Crippen molar-refractivity contribution >= 4 is 5.95 Å². The molecule has 3 N–H and O–H groups in total. The predicted octanol–water partition coefficient (Wildman–Crippen LogP) is 2.12. The highest BCUT2D eigenvalue weighted by Crippen LogP contribution is 2.49. The molecule has 0 amide bonds. The molecule has 3 aromatic rings. The smallest absolute Gasteiger partial charge is 0.220 e. The molecule has 0 saturated carbocycles. The number of nitrogens with zero attached hydrogens (tertiary/aromatic N) is 4. The van der Waals surface area contributed by atoms with Crippen LogP contribution in [0.5, 0.6) is 0 Å². The highest BCUT2D eigenvalue weighted by molar-refractivity contribution is 5.69. The molecule has 0 saturated heterocycles. The summed E-state index contributed by atoms with van der Waals surface area (Å²) >= 11 is 0. The fourth-order valence-corrected chi connectivity index (χ4v) is 4.22. The monoisotopic (exact) mass is 319 g/mol. The maximum atomic E-state index is 11.0. The van der Waals surface area contributed by atoms with Gasteiger partial charge in [-0.15, -0.1) is 0 Å². The standard InChI is InChI=1S/C18H17N5O/c19-18-21-7-13-14(22-18)6-5-12(17(13)24)16-11-4-2-1-3-10(11)15-8-20-9-23(15)16/h1-4,7-9,12,16-17,24H,5-6H2,(H2,19,21,22)/t12-,16?,17+/m0/s1. The van der Waals surface area contributed by atoms with Crippen LogP contribution in [0, 0.1) is 5.92 Å². The molecule has 1 aromatic carbocycles. The van der Waals surface area contributed by atoms with Crippen LogP contribution in [-0.2, 0) is 6.42 Å². The molecule has 2 aromatic heterocycles. The largest absolute Gasteiger partial charge is 0.388 e. The quantitative estimate of drug-likeness (QED) is 0.717. The molecule has 1 aliphatic heterocycles. The average Bonchev–Trinajstić information content (AvgIpc) is 3.16. The molecule has 2 aliphatic rings. The van der Waals surface area contributed by atoms with E-state index < -0.39 is 6.10 Å². The summed E-state index contributed by atoms with van der Waals surface area (Å²) < 4.78 is 2.18. The van der Waals surface area contributed by atoms with Crippen LogP contribution in [0.15, 0.2) is 43.0 Å². The zero-order valence-electron chi connectivity index (χ0n) is 13.0. The number of rotatable bonds is 1. The van der Waals surface area contributed by atoms with Crippen LogP contribution >= 0.6 is 0 Å². The Balaban J connectivity index is 1.62. The molecular formula is C18H17N5O. The van der Waals surface area contributed by atoms with Crippen LogP contribution in [0.1, 0.15) is 35.4 Å². The summed E-state index contributed by atoms with van der Waals surface area (Å²) in [6, 6.07) is 8.45. The van der Waals surface area contributed by atoms with E-state index in [1.165, 1.54) is 11.1 Å². The Bertz CT molecular complexity index is 935. The van der Waals surface area contributed by atoms with Crippen molar-refractivity contribution in [2.75, 3.05) is 5.73 Å². The van der Waals surface area contributed by atoms with Gasteiger partial charge in [0, 0.05) is 23.2 Å². The van der Waals surface area contributed by atoms with E-state index in [0.29, 0.717) is 0 Å². The Morgan fingerprint density at radius 2 is 2.04 bits per heavy atom. The first kappa shape index (κ1) is 13.7. The van der Waals surface area contributed by atoms with E-state index in [9.17, 15) is 5.11 Å². The van der Waals surface area contributed by atoms with E-state index in [4.69, 9.17) is 5.73 Å². The van der Waals surface area contributed by atoms with Gasteiger partial charge < -0.3 is 15.4 Å². The lowest BCUT2D eigenvalue weighted by Crippen LogP contribution is -2.29. The summed E-state index contributed by atoms with van der Waals surface area (Å²) in [6.45, 7) is 0. The summed E-state index contributed by atoms with van der Waals surface area (Å²) in [7, 11) is 0. The van der Waals surface area contributed by atoms with E-state index in [0.717, 1.165) is 29.8 Å². The Morgan fingerprint density at radius 3 is 2.96 bits per heavy atom. The molecule has 0 spiro atoms. The van der Waals surface area contributed by atoms with Gasteiger partial charge in [0.25, 0.3) is 0 Å². The molecule has 0 bridgehead atoms. The van der Waals surface area contributed by atoms with Crippen molar-refractivity contribution in [2.24, 2.45) is 5.92 Å². The van der Waals surface area contributed by atoms with Gasteiger partial charge in [0.1, 0.15) is 0 Å². The van der Waals surface area contributed by atoms with E-state index in [1.807, 2.05) is 18.6 Å².